The summed E-state index contributed by atoms with van der Waals surface area (Å²) < 4.78 is 45.0. The van der Waals surface area contributed by atoms with Crippen molar-refractivity contribution in [3.05, 3.63) is 11.7 Å². The van der Waals surface area contributed by atoms with E-state index in [0.29, 0.717) is 56.9 Å². The number of hydrogen-bond donors (Lipinski definition) is 0. The van der Waals surface area contributed by atoms with Crippen LogP contribution in [0.5, 0.6) is 0 Å². The Kier molecular flexibility index (Phi) is 5.58. The minimum atomic E-state index is -4.29. The minimum absolute atomic E-state index is 0.0667. The molecule has 1 saturated carbocycles. The van der Waals surface area contributed by atoms with Gasteiger partial charge in [0.15, 0.2) is 5.82 Å². The lowest BCUT2D eigenvalue weighted by Crippen LogP contribution is -2.47. The molecule has 26 heavy (non-hydrogen) atoms. The fourth-order valence-corrected chi connectivity index (χ4v) is 4.06. The van der Waals surface area contributed by atoms with Gasteiger partial charge < -0.3 is 9.42 Å². The molecular weight excluding hydrogens is 347 g/mol. The van der Waals surface area contributed by atoms with Crippen molar-refractivity contribution < 1.29 is 22.5 Å². The van der Waals surface area contributed by atoms with Gasteiger partial charge in [-0.3, -0.25) is 4.79 Å². The highest BCUT2D eigenvalue weighted by Crippen LogP contribution is 2.42. The Balaban J connectivity index is 1.60. The first-order valence-corrected chi connectivity index (χ1v) is 9.46. The van der Waals surface area contributed by atoms with Crippen molar-refractivity contribution in [3.63, 3.8) is 0 Å². The van der Waals surface area contributed by atoms with Gasteiger partial charge in [-0.05, 0) is 25.7 Å². The molecule has 2 aliphatic rings. The molecule has 1 amide bonds. The number of likely N-dealkylation sites (tertiary alicyclic amines) is 1. The van der Waals surface area contributed by atoms with Crippen molar-refractivity contribution in [1.29, 1.82) is 0 Å². The van der Waals surface area contributed by atoms with Gasteiger partial charge in [-0.2, -0.15) is 18.2 Å². The van der Waals surface area contributed by atoms with Crippen molar-refractivity contribution in [3.8, 4) is 0 Å². The molecule has 8 heteroatoms. The molecule has 0 spiro atoms. The Bertz CT molecular complexity index is 621. The maximum absolute atomic E-state index is 13.3. The molecule has 2 atom stereocenters. The minimum Gasteiger partial charge on any atom is -0.342 e. The number of carbonyl (C=O) groups excluding carboxylic acids is 1. The van der Waals surface area contributed by atoms with E-state index in [0.717, 1.165) is 0 Å². The molecular formula is C18H26F3N3O2. The van der Waals surface area contributed by atoms with Crippen molar-refractivity contribution in [2.45, 2.75) is 70.4 Å². The number of halogens is 3. The fourth-order valence-electron chi connectivity index (χ4n) is 4.06. The normalized spacial score (nSPS) is 25.7. The van der Waals surface area contributed by atoms with Crippen LogP contribution < -0.4 is 0 Å². The molecule has 0 aromatic carbocycles. The van der Waals surface area contributed by atoms with E-state index in [1.54, 1.807) is 4.90 Å². The fraction of sp³-hybridized carbons (Fsp3) is 0.833. The van der Waals surface area contributed by atoms with Crippen LogP contribution in [0.2, 0.25) is 0 Å². The van der Waals surface area contributed by atoms with E-state index >= 15 is 0 Å². The summed E-state index contributed by atoms with van der Waals surface area (Å²) in [7, 11) is 0. The first-order valence-electron chi connectivity index (χ1n) is 9.46. The average molecular weight is 373 g/mol. The second-order valence-corrected chi connectivity index (χ2v) is 7.78. The third-order valence-corrected chi connectivity index (χ3v) is 5.63. The Labute approximate surface area is 151 Å². The molecule has 2 fully saturated rings. The summed E-state index contributed by atoms with van der Waals surface area (Å²) in [5.41, 5.74) is 0. The molecule has 3 rings (SSSR count). The Hall–Kier alpha value is -1.60. The lowest BCUT2D eigenvalue weighted by molar-refractivity contribution is -0.201. The predicted octanol–water partition coefficient (Wildman–Crippen LogP) is 4.27. The van der Waals surface area contributed by atoms with Gasteiger partial charge >= 0.3 is 6.18 Å². The summed E-state index contributed by atoms with van der Waals surface area (Å²) in [6.45, 7) is 4.85. The number of alkyl halides is 3. The molecule has 1 aromatic heterocycles. The van der Waals surface area contributed by atoms with Crippen molar-refractivity contribution in [2.75, 3.05) is 13.1 Å². The average Bonchev–Trinajstić information content (AvgIpc) is 3.11. The number of hydrogen-bond acceptors (Lipinski definition) is 4. The van der Waals surface area contributed by atoms with E-state index in [1.807, 2.05) is 13.8 Å². The van der Waals surface area contributed by atoms with Gasteiger partial charge in [-0.25, -0.2) is 0 Å². The number of nitrogens with zero attached hydrogens (tertiary/aromatic N) is 3. The van der Waals surface area contributed by atoms with Gasteiger partial charge in [0.05, 0.1) is 5.92 Å². The van der Waals surface area contributed by atoms with E-state index in [9.17, 15) is 18.0 Å². The molecule has 1 aliphatic heterocycles. The van der Waals surface area contributed by atoms with Gasteiger partial charge in [0.1, 0.15) is 0 Å². The zero-order chi connectivity index (χ0) is 18.9. The molecule has 2 heterocycles. The van der Waals surface area contributed by atoms with E-state index in [-0.39, 0.29) is 24.2 Å². The highest BCUT2D eigenvalue weighted by Gasteiger charge is 2.49. The van der Waals surface area contributed by atoms with Gasteiger partial charge in [0.25, 0.3) is 0 Å². The maximum Gasteiger partial charge on any atom is 0.392 e. The zero-order valence-electron chi connectivity index (χ0n) is 15.3. The second kappa shape index (κ2) is 7.56. The van der Waals surface area contributed by atoms with Crippen molar-refractivity contribution in [2.24, 2.45) is 11.8 Å². The van der Waals surface area contributed by atoms with Crippen LogP contribution in [-0.4, -0.2) is 40.2 Å². The quantitative estimate of drug-likeness (QED) is 0.794. The van der Waals surface area contributed by atoms with Crippen LogP contribution in [-0.2, 0) is 4.79 Å². The highest BCUT2D eigenvalue weighted by atomic mass is 19.4. The second-order valence-electron chi connectivity index (χ2n) is 7.78. The van der Waals surface area contributed by atoms with Crippen LogP contribution in [0.3, 0.4) is 0 Å². The number of aromatic nitrogens is 2. The molecule has 0 N–H and O–H groups in total. The molecule has 0 bridgehead atoms. The van der Waals surface area contributed by atoms with E-state index in [1.165, 1.54) is 0 Å². The molecule has 146 valence electrons. The molecule has 1 aromatic rings. The molecule has 1 saturated heterocycles. The SMILES string of the molecule is CC(C)c1nc(C2CCN(C(=O)[C@@H]3CCCC[C@H]3C(F)(F)F)CC2)no1. The lowest BCUT2D eigenvalue weighted by atomic mass is 9.77. The molecule has 5 nitrogen and oxygen atoms in total. The first kappa shape index (κ1) is 19.2. The van der Waals surface area contributed by atoms with E-state index in [4.69, 9.17) is 4.52 Å². The van der Waals surface area contributed by atoms with Gasteiger partial charge in [-0.1, -0.05) is 31.8 Å². The van der Waals surface area contributed by atoms with Gasteiger partial charge in [0, 0.05) is 30.8 Å². The summed E-state index contributed by atoms with van der Waals surface area (Å²) in [4.78, 5) is 18.7. The van der Waals surface area contributed by atoms with Crippen LogP contribution in [0.15, 0.2) is 4.52 Å². The number of amides is 1. The number of carbonyl (C=O) groups is 1. The van der Waals surface area contributed by atoms with Crippen LogP contribution in [0, 0.1) is 11.8 Å². The lowest BCUT2D eigenvalue weighted by Gasteiger charge is -2.38. The van der Waals surface area contributed by atoms with Gasteiger partial charge in [-0.15, -0.1) is 0 Å². The summed E-state index contributed by atoms with van der Waals surface area (Å²) in [5, 5.41) is 4.03. The third kappa shape index (κ3) is 4.04. The Morgan fingerprint density at radius 1 is 1.15 bits per heavy atom. The largest absolute Gasteiger partial charge is 0.392 e. The maximum atomic E-state index is 13.3. The predicted molar refractivity (Wildman–Crippen MR) is 88.4 cm³/mol. The van der Waals surface area contributed by atoms with Gasteiger partial charge in [0.2, 0.25) is 11.8 Å². The van der Waals surface area contributed by atoms with Crippen molar-refractivity contribution >= 4 is 5.91 Å². The van der Waals surface area contributed by atoms with E-state index < -0.39 is 18.0 Å². The van der Waals surface area contributed by atoms with Crippen LogP contribution in [0.1, 0.15) is 75.9 Å². The zero-order valence-corrected chi connectivity index (χ0v) is 15.3. The summed E-state index contributed by atoms with van der Waals surface area (Å²) in [5.74, 6) is -1.25. The smallest absolute Gasteiger partial charge is 0.342 e. The standard InChI is InChI=1S/C18H26F3N3O2/c1-11(2)16-22-15(23-26-16)12-7-9-24(10-8-12)17(25)13-5-3-4-6-14(13)18(19,20)21/h11-14H,3-10H2,1-2H3/t13-,14-/m1/s1. The third-order valence-electron chi connectivity index (χ3n) is 5.63. The van der Waals surface area contributed by atoms with Crippen LogP contribution >= 0.6 is 0 Å². The number of piperidine rings is 1. The van der Waals surface area contributed by atoms with Crippen molar-refractivity contribution in [1.82, 2.24) is 15.0 Å². The summed E-state index contributed by atoms with van der Waals surface area (Å²) >= 11 is 0. The summed E-state index contributed by atoms with van der Waals surface area (Å²) in [6, 6.07) is 0. The van der Waals surface area contributed by atoms with Crippen LogP contribution in [0.25, 0.3) is 0 Å². The molecule has 0 unspecified atom stereocenters. The van der Waals surface area contributed by atoms with E-state index in [2.05, 4.69) is 10.1 Å². The Morgan fingerprint density at radius 3 is 2.38 bits per heavy atom. The topological polar surface area (TPSA) is 59.2 Å². The monoisotopic (exact) mass is 373 g/mol. The first-order chi connectivity index (χ1) is 12.3. The Morgan fingerprint density at radius 2 is 1.81 bits per heavy atom. The summed E-state index contributed by atoms with van der Waals surface area (Å²) in [6.07, 6.45) is -1.33. The number of rotatable bonds is 3. The highest BCUT2D eigenvalue weighted by molar-refractivity contribution is 5.79. The molecule has 1 aliphatic carbocycles. The molecule has 0 radical (unpaired) electrons. The van der Waals surface area contributed by atoms with Crippen LogP contribution in [0.4, 0.5) is 13.2 Å².